The first kappa shape index (κ1) is 20.2. The van der Waals surface area contributed by atoms with Crippen LogP contribution in [0.3, 0.4) is 0 Å². The molecule has 0 radical (unpaired) electrons. The van der Waals surface area contributed by atoms with Gasteiger partial charge in [-0.1, -0.05) is 29.3 Å². The monoisotopic (exact) mass is 423 g/mol. The number of hydrogen-bond acceptors (Lipinski definition) is 5. The average Bonchev–Trinajstić information content (AvgIpc) is 2.68. The van der Waals surface area contributed by atoms with Crippen molar-refractivity contribution in [1.29, 1.82) is 0 Å². The topological polar surface area (TPSA) is 101 Å². The Balaban J connectivity index is 1.71. The predicted molar refractivity (Wildman–Crippen MR) is 104 cm³/mol. The van der Waals surface area contributed by atoms with Gasteiger partial charge < -0.3 is 4.90 Å². The SMILES string of the molecule is Cc1ccc(S(=O)(=O)N2CCN(C(=O)c3ccc(Cl)c([N+](=O)[O-])c3)CC2)cc1. The van der Waals surface area contributed by atoms with Gasteiger partial charge in [-0.25, -0.2) is 8.42 Å². The first-order valence-corrected chi connectivity index (χ1v) is 10.3. The van der Waals surface area contributed by atoms with Crippen molar-refractivity contribution in [2.75, 3.05) is 26.2 Å². The van der Waals surface area contributed by atoms with E-state index in [9.17, 15) is 23.3 Å². The van der Waals surface area contributed by atoms with Gasteiger partial charge >= 0.3 is 0 Å². The molecular formula is C18H18ClN3O5S. The summed E-state index contributed by atoms with van der Waals surface area (Å²) in [6.07, 6.45) is 0. The van der Waals surface area contributed by atoms with Crippen molar-refractivity contribution < 1.29 is 18.1 Å². The first-order valence-electron chi connectivity index (χ1n) is 8.50. The molecule has 0 atom stereocenters. The molecule has 1 aliphatic rings. The van der Waals surface area contributed by atoms with Gasteiger partial charge in [-0.15, -0.1) is 0 Å². The summed E-state index contributed by atoms with van der Waals surface area (Å²) in [4.78, 5) is 24.7. The van der Waals surface area contributed by atoms with Gasteiger partial charge in [0.2, 0.25) is 10.0 Å². The van der Waals surface area contributed by atoms with Crippen molar-refractivity contribution in [3.8, 4) is 0 Å². The number of nitro groups is 1. The van der Waals surface area contributed by atoms with E-state index in [2.05, 4.69) is 0 Å². The molecule has 0 saturated carbocycles. The molecule has 0 spiro atoms. The molecule has 2 aromatic carbocycles. The van der Waals surface area contributed by atoms with Crippen LogP contribution >= 0.6 is 11.6 Å². The highest BCUT2D eigenvalue weighted by Gasteiger charge is 2.31. The minimum absolute atomic E-state index is 0.0458. The van der Waals surface area contributed by atoms with Gasteiger partial charge in [-0.3, -0.25) is 14.9 Å². The summed E-state index contributed by atoms with van der Waals surface area (Å²) in [7, 11) is -3.63. The van der Waals surface area contributed by atoms with Crippen molar-refractivity contribution in [3.05, 3.63) is 68.7 Å². The number of carbonyl (C=O) groups is 1. The van der Waals surface area contributed by atoms with Gasteiger partial charge in [0.1, 0.15) is 5.02 Å². The van der Waals surface area contributed by atoms with E-state index in [0.29, 0.717) is 0 Å². The Bertz CT molecular complexity index is 1020. The molecular weight excluding hydrogens is 406 g/mol. The van der Waals surface area contributed by atoms with Crippen LogP contribution in [-0.2, 0) is 10.0 Å². The number of rotatable bonds is 4. The number of benzene rings is 2. The van der Waals surface area contributed by atoms with Gasteiger partial charge in [-0.2, -0.15) is 4.31 Å². The third-order valence-corrected chi connectivity index (χ3v) is 6.81. The lowest BCUT2D eigenvalue weighted by molar-refractivity contribution is -0.384. The Kier molecular flexibility index (Phi) is 5.69. The third-order valence-electron chi connectivity index (χ3n) is 4.57. The van der Waals surface area contributed by atoms with Crippen molar-refractivity contribution in [2.45, 2.75) is 11.8 Å². The largest absolute Gasteiger partial charge is 0.336 e. The summed E-state index contributed by atoms with van der Waals surface area (Å²) in [5.41, 5.74) is 0.769. The molecule has 0 aliphatic carbocycles. The predicted octanol–water partition coefficient (Wildman–Crippen LogP) is 2.70. The molecule has 1 saturated heterocycles. The van der Waals surface area contributed by atoms with Crippen LogP contribution in [-0.4, -0.2) is 54.6 Å². The molecule has 1 heterocycles. The summed E-state index contributed by atoms with van der Waals surface area (Å²) in [5.74, 6) is -0.396. The zero-order chi connectivity index (χ0) is 20.5. The summed E-state index contributed by atoms with van der Waals surface area (Å²) in [6, 6.07) is 10.5. The smallest absolute Gasteiger partial charge is 0.288 e. The van der Waals surface area contributed by atoms with Crippen molar-refractivity contribution in [1.82, 2.24) is 9.21 Å². The van der Waals surface area contributed by atoms with E-state index in [1.165, 1.54) is 21.3 Å². The van der Waals surface area contributed by atoms with Crippen LogP contribution in [0.15, 0.2) is 47.4 Å². The molecule has 1 amide bonds. The van der Waals surface area contributed by atoms with Crippen molar-refractivity contribution in [3.63, 3.8) is 0 Å². The normalized spacial score (nSPS) is 15.4. The maximum atomic E-state index is 12.7. The summed E-state index contributed by atoms with van der Waals surface area (Å²) < 4.78 is 26.8. The van der Waals surface area contributed by atoms with Crippen LogP contribution < -0.4 is 0 Å². The molecule has 1 aliphatic heterocycles. The maximum absolute atomic E-state index is 12.7. The number of nitrogens with zero attached hydrogens (tertiary/aromatic N) is 3. The van der Waals surface area contributed by atoms with E-state index in [1.54, 1.807) is 24.3 Å². The number of nitro benzene ring substituents is 1. The summed E-state index contributed by atoms with van der Waals surface area (Å²) >= 11 is 5.78. The lowest BCUT2D eigenvalue weighted by Crippen LogP contribution is -2.50. The lowest BCUT2D eigenvalue weighted by atomic mass is 10.1. The van der Waals surface area contributed by atoms with Crippen LogP contribution in [0.1, 0.15) is 15.9 Å². The Hall–Kier alpha value is -2.49. The van der Waals surface area contributed by atoms with E-state index in [0.717, 1.165) is 11.6 Å². The summed E-state index contributed by atoms with van der Waals surface area (Å²) in [5, 5.41) is 11.0. The van der Waals surface area contributed by atoms with Crippen LogP contribution in [0.25, 0.3) is 0 Å². The molecule has 1 fully saturated rings. The van der Waals surface area contributed by atoms with Gasteiger partial charge in [0.15, 0.2) is 0 Å². The van der Waals surface area contributed by atoms with Gasteiger partial charge in [0, 0.05) is 37.8 Å². The Morgan fingerprint density at radius 2 is 1.68 bits per heavy atom. The molecule has 8 nitrogen and oxygen atoms in total. The molecule has 0 aromatic heterocycles. The molecule has 0 N–H and O–H groups in total. The Labute approximate surface area is 167 Å². The van der Waals surface area contributed by atoms with E-state index in [-0.39, 0.29) is 47.3 Å². The van der Waals surface area contributed by atoms with E-state index < -0.39 is 20.9 Å². The van der Waals surface area contributed by atoms with E-state index >= 15 is 0 Å². The van der Waals surface area contributed by atoms with Gasteiger partial charge in [-0.05, 0) is 31.2 Å². The second kappa shape index (κ2) is 7.86. The molecule has 2 aromatic rings. The Morgan fingerprint density at radius 3 is 2.25 bits per heavy atom. The number of carbonyl (C=O) groups excluding carboxylic acids is 1. The second-order valence-electron chi connectivity index (χ2n) is 6.43. The molecule has 148 valence electrons. The molecule has 0 bridgehead atoms. The fourth-order valence-corrected chi connectivity index (χ4v) is 4.57. The minimum Gasteiger partial charge on any atom is -0.336 e. The third kappa shape index (κ3) is 4.01. The van der Waals surface area contributed by atoms with E-state index in [1.807, 2.05) is 6.92 Å². The minimum atomic E-state index is -3.63. The standard InChI is InChI=1S/C18H18ClN3O5S/c1-13-2-5-15(6-3-13)28(26,27)21-10-8-20(9-11-21)18(23)14-4-7-16(19)17(12-14)22(24)25/h2-7,12H,8-11H2,1H3. The highest BCUT2D eigenvalue weighted by Crippen LogP contribution is 2.26. The molecule has 10 heteroatoms. The maximum Gasteiger partial charge on any atom is 0.288 e. The number of halogens is 1. The molecule has 3 rings (SSSR count). The number of piperazine rings is 1. The fourth-order valence-electron chi connectivity index (χ4n) is 2.96. The quantitative estimate of drug-likeness (QED) is 0.555. The Morgan fingerprint density at radius 1 is 1.07 bits per heavy atom. The van der Waals surface area contributed by atoms with Crippen LogP contribution in [0, 0.1) is 17.0 Å². The fraction of sp³-hybridized carbons (Fsp3) is 0.278. The lowest BCUT2D eigenvalue weighted by Gasteiger charge is -2.34. The number of amides is 1. The van der Waals surface area contributed by atoms with E-state index in [4.69, 9.17) is 11.6 Å². The highest BCUT2D eigenvalue weighted by molar-refractivity contribution is 7.89. The summed E-state index contributed by atoms with van der Waals surface area (Å²) in [6.45, 7) is 2.57. The van der Waals surface area contributed by atoms with Crippen molar-refractivity contribution >= 4 is 33.2 Å². The van der Waals surface area contributed by atoms with Crippen LogP contribution in [0.5, 0.6) is 0 Å². The zero-order valence-corrected chi connectivity index (χ0v) is 16.6. The highest BCUT2D eigenvalue weighted by atomic mass is 35.5. The number of hydrogen-bond donors (Lipinski definition) is 0. The van der Waals surface area contributed by atoms with Crippen molar-refractivity contribution in [2.24, 2.45) is 0 Å². The van der Waals surface area contributed by atoms with Crippen LogP contribution in [0.2, 0.25) is 5.02 Å². The molecule has 28 heavy (non-hydrogen) atoms. The zero-order valence-electron chi connectivity index (χ0n) is 15.0. The number of aryl methyl sites for hydroxylation is 1. The van der Waals surface area contributed by atoms with Gasteiger partial charge in [0.05, 0.1) is 9.82 Å². The van der Waals surface area contributed by atoms with Gasteiger partial charge in [0.25, 0.3) is 11.6 Å². The molecule has 0 unspecified atom stereocenters. The number of sulfonamides is 1. The second-order valence-corrected chi connectivity index (χ2v) is 8.78. The average molecular weight is 424 g/mol. The first-order chi connectivity index (χ1) is 13.2. The van der Waals surface area contributed by atoms with Crippen LogP contribution in [0.4, 0.5) is 5.69 Å².